The van der Waals surface area contributed by atoms with E-state index in [1.807, 2.05) is 24.3 Å². The van der Waals surface area contributed by atoms with Gasteiger partial charge in [-0.25, -0.2) is 0 Å². The molecule has 88 valence electrons. The maximum Gasteiger partial charge on any atom is 0.224 e. The highest BCUT2D eigenvalue weighted by molar-refractivity contribution is 9.19. The minimum Gasteiger partial charge on any atom is -0.384 e. The second kappa shape index (κ2) is 6.83. The molecule has 0 saturated carbocycles. The summed E-state index contributed by atoms with van der Waals surface area (Å²) in [4.78, 5) is 0. The molecule has 0 spiro atoms. The average Bonchev–Trinajstić information content (AvgIpc) is 2.28. The largest absolute Gasteiger partial charge is 0.384 e. The highest BCUT2D eigenvalue weighted by atomic mass is 79.9. The summed E-state index contributed by atoms with van der Waals surface area (Å²) in [7, 11) is -0.487. The first-order valence-electron chi connectivity index (χ1n) is 4.81. The minimum atomic E-state index is -2.16. The molecule has 1 aromatic rings. The van der Waals surface area contributed by atoms with E-state index in [1.54, 1.807) is 7.11 Å². The molecule has 16 heavy (non-hydrogen) atoms. The molecular weight excluding hydrogens is 292 g/mol. The molecule has 0 heterocycles. The van der Waals surface area contributed by atoms with Crippen LogP contribution in [0.15, 0.2) is 24.3 Å². The van der Waals surface area contributed by atoms with E-state index in [0.717, 1.165) is 12.0 Å². The average molecular weight is 305 g/mol. The van der Waals surface area contributed by atoms with Crippen LogP contribution in [0.4, 0.5) is 0 Å². The maximum absolute atomic E-state index is 10.6. The topological polar surface area (TPSA) is 43.4 Å². The molecule has 5 heteroatoms. The second-order valence-electron chi connectivity index (χ2n) is 3.33. The first-order chi connectivity index (χ1) is 7.63. The normalized spacial score (nSPS) is 10.1. The van der Waals surface area contributed by atoms with Crippen LogP contribution in [0, 0.1) is 0 Å². The van der Waals surface area contributed by atoms with E-state index < -0.39 is 10.3 Å². The Morgan fingerprint density at radius 3 is 2.31 bits per heavy atom. The van der Waals surface area contributed by atoms with Gasteiger partial charge in [-0.2, -0.15) is 8.42 Å². The van der Waals surface area contributed by atoms with Crippen LogP contribution in [0.1, 0.15) is 11.1 Å². The Morgan fingerprint density at radius 2 is 1.81 bits per heavy atom. The van der Waals surface area contributed by atoms with Crippen LogP contribution in [-0.4, -0.2) is 25.9 Å². The van der Waals surface area contributed by atoms with Gasteiger partial charge in [0.05, 0.1) is 6.61 Å². The molecule has 0 aliphatic rings. The lowest BCUT2D eigenvalue weighted by atomic mass is 10.1. The van der Waals surface area contributed by atoms with Crippen molar-refractivity contribution in [1.29, 1.82) is 0 Å². The van der Waals surface area contributed by atoms with Gasteiger partial charge in [0.15, 0.2) is 0 Å². The van der Waals surface area contributed by atoms with Crippen LogP contribution in [0.2, 0.25) is 0 Å². The molecule has 0 atom stereocenters. The number of benzene rings is 1. The smallest absolute Gasteiger partial charge is 0.224 e. The summed E-state index contributed by atoms with van der Waals surface area (Å²) >= 11 is 3.02. The van der Waals surface area contributed by atoms with E-state index in [4.69, 9.17) is 4.74 Å². The molecule has 0 aliphatic heterocycles. The van der Waals surface area contributed by atoms with Crippen molar-refractivity contribution in [3.63, 3.8) is 0 Å². The van der Waals surface area contributed by atoms with Crippen molar-refractivity contribution < 1.29 is 13.2 Å². The van der Waals surface area contributed by atoms with Crippen LogP contribution in [0.5, 0.6) is 0 Å². The number of methoxy groups -OCH3 is 1. The summed E-state index contributed by atoms with van der Waals surface area (Å²) in [6.07, 6.45) is 1.27. The predicted molar refractivity (Wildman–Crippen MR) is 68.6 cm³/mol. The minimum absolute atomic E-state index is 0.275. The summed E-state index contributed by atoms with van der Waals surface area (Å²) in [5.41, 5.74) is 2.15. The molecule has 3 nitrogen and oxygen atoms in total. The molecule has 0 bridgehead atoms. The molecule has 0 amide bonds. The number of hydrogen-bond acceptors (Lipinski definition) is 3. The predicted octanol–water partition coefficient (Wildman–Crippen LogP) is 1.82. The molecule has 0 aliphatic carbocycles. The van der Waals surface area contributed by atoms with E-state index in [-0.39, 0.29) is 3.77 Å². The molecular formula is C11H13BrO3S. The van der Waals surface area contributed by atoms with Crippen molar-refractivity contribution in [2.24, 2.45) is 0 Å². The lowest BCUT2D eigenvalue weighted by Gasteiger charge is -2.02. The molecule has 0 unspecified atom stereocenters. The number of ether oxygens (including phenoxy) is 1. The fraction of sp³-hybridized carbons (Fsp3) is 0.364. The molecule has 1 rings (SSSR count). The maximum atomic E-state index is 10.6. The van der Waals surface area contributed by atoms with Gasteiger partial charge in [0.2, 0.25) is 10.3 Å². The monoisotopic (exact) mass is 304 g/mol. The van der Waals surface area contributed by atoms with Crippen LogP contribution < -0.4 is 0 Å². The molecule has 0 radical (unpaired) electrons. The third-order valence-electron chi connectivity index (χ3n) is 2.14. The SMILES string of the molecule is COCCc1ccc(CC(Br)=S(=O)=O)cc1. The molecule has 0 fully saturated rings. The highest BCUT2D eigenvalue weighted by Gasteiger charge is 2.00. The summed E-state index contributed by atoms with van der Waals surface area (Å²) in [5, 5.41) is 0. The Bertz CT molecular complexity index is 455. The van der Waals surface area contributed by atoms with Crippen LogP contribution in [0.3, 0.4) is 0 Å². The van der Waals surface area contributed by atoms with E-state index in [0.29, 0.717) is 13.0 Å². The van der Waals surface area contributed by atoms with E-state index in [9.17, 15) is 8.42 Å². The molecule has 0 N–H and O–H groups in total. The lowest BCUT2D eigenvalue weighted by Crippen LogP contribution is -1.97. The van der Waals surface area contributed by atoms with Gasteiger partial charge < -0.3 is 4.74 Å². The van der Waals surface area contributed by atoms with Crippen molar-refractivity contribution in [1.82, 2.24) is 0 Å². The van der Waals surface area contributed by atoms with Gasteiger partial charge in [-0.05, 0) is 33.5 Å². The molecule has 0 aromatic heterocycles. The van der Waals surface area contributed by atoms with Gasteiger partial charge >= 0.3 is 0 Å². The summed E-state index contributed by atoms with van der Waals surface area (Å²) in [5.74, 6) is 0. The Hall–Kier alpha value is -0.650. The summed E-state index contributed by atoms with van der Waals surface area (Å²) in [6.45, 7) is 0.694. The van der Waals surface area contributed by atoms with Crippen LogP contribution in [0.25, 0.3) is 0 Å². The van der Waals surface area contributed by atoms with Gasteiger partial charge in [0.1, 0.15) is 3.77 Å². The van der Waals surface area contributed by atoms with Gasteiger partial charge in [0.25, 0.3) is 0 Å². The first-order valence-corrected chi connectivity index (χ1v) is 6.67. The Balaban J connectivity index is 2.68. The Morgan fingerprint density at radius 1 is 1.25 bits per heavy atom. The number of halogens is 1. The van der Waals surface area contributed by atoms with Gasteiger partial charge in [-0.15, -0.1) is 0 Å². The van der Waals surface area contributed by atoms with Crippen molar-refractivity contribution in [3.05, 3.63) is 35.4 Å². The van der Waals surface area contributed by atoms with Crippen molar-refractivity contribution in [2.45, 2.75) is 12.8 Å². The quantitative estimate of drug-likeness (QED) is 0.616. The van der Waals surface area contributed by atoms with Crippen LogP contribution in [-0.2, 0) is 27.9 Å². The molecule has 1 aromatic carbocycles. The zero-order valence-corrected chi connectivity index (χ0v) is 11.3. The van der Waals surface area contributed by atoms with Gasteiger partial charge in [0, 0.05) is 13.5 Å². The van der Waals surface area contributed by atoms with Gasteiger partial charge in [-0.1, -0.05) is 24.3 Å². The first kappa shape index (κ1) is 13.4. The second-order valence-corrected chi connectivity index (χ2v) is 5.77. The van der Waals surface area contributed by atoms with Crippen LogP contribution >= 0.6 is 15.9 Å². The fourth-order valence-corrected chi connectivity index (χ4v) is 1.87. The standard InChI is InChI=1S/C11H13BrO3S/c1-15-7-6-9-2-4-10(5-3-9)8-11(12)16(13)14/h2-5H,6-8H2,1H3. The Labute approximate surface area is 105 Å². The number of hydrogen-bond donors (Lipinski definition) is 0. The Kier molecular flexibility index (Phi) is 5.73. The number of rotatable bonds is 5. The molecule has 0 saturated heterocycles. The van der Waals surface area contributed by atoms with E-state index in [2.05, 4.69) is 15.9 Å². The van der Waals surface area contributed by atoms with Crippen molar-refractivity contribution in [3.8, 4) is 0 Å². The fourth-order valence-electron chi connectivity index (χ4n) is 1.26. The third kappa shape index (κ3) is 4.47. The lowest BCUT2D eigenvalue weighted by molar-refractivity contribution is 0.202. The summed E-state index contributed by atoms with van der Waals surface area (Å²) in [6, 6.07) is 7.84. The van der Waals surface area contributed by atoms with E-state index in [1.165, 1.54) is 5.56 Å². The van der Waals surface area contributed by atoms with E-state index >= 15 is 0 Å². The zero-order chi connectivity index (χ0) is 12.0. The van der Waals surface area contributed by atoms with Crippen molar-refractivity contribution in [2.75, 3.05) is 13.7 Å². The van der Waals surface area contributed by atoms with Crippen molar-refractivity contribution >= 4 is 30.0 Å². The zero-order valence-electron chi connectivity index (χ0n) is 8.94. The highest BCUT2D eigenvalue weighted by Crippen LogP contribution is 2.08. The van der Waals surface area contributed by atoms with Gasteiger partial charge in [-0.3, -0.25) is 0 Å². The third-order valence-corrected chi connectivity index (χ3v) is 3.72. The summed E-state index contributed by atoms with van der Waals surface area (Å²) < 4.78 is 26.5.